The van der Waals surface area contributed by atoms with Gasteiger partial charge in [0.2, 0.25) is 0 Å². The van der Waals surface area contributed by atoms with Gasteiger partial charge in [0.25, 0.3) is 0 Å². The molecule has 1 N–H and O–H groups in total. The van der Waals surface area contributed by atoms with Crippen molar-refractivity contribution in [3.63, 3.8) is 0 Å². The van der Waals surface area contributed by atoms with Gasteiger partial charge in [0, 0.05) is 18.9 Å². The van der Waals surface area contributed by atoms with Gasteiger partial charge in [-0.25, -0.2) is 4.98 Å². The van der Waals surface area contributed by atoms with Crippen LogP contribution in [0.1, 0.15) is 35.8 Å². The second-order valence-corrected chi connectivity index (χ2v) is 7.62. The Labute approximate surface area is 157 Å². The number of aromatic nitrogens is 3. The van der Waals surface area contributed by atoms with E-state index in [-0.39, 0.29) is 0 Å². The summed E-state index contributed by atoms with van der Waals surface area (Å²) >= 11 is 1.77. The number of hydrogen-bond donors (Lipinski definition) is 1. The van der Waals surface area contributed by atoms with E-state index in [2.05, 4.69) is 11.1 Å². The minimum absolute atomic E-state index is 0.291. The number of fused-ring (bicyclic) bond motifs is 2. The summed E-state index contributed by atoms with van der Waals surface area (Å²) in [4.78, 5) is 12.9. The minimum atomic E-state index is 0.291. The molecule has 1 aliphatic rings. The van der Waals surface area contributed by atoms with E-state index in [1.54, 1.807) is 18.9 Å². The van der Waals surface area contributed by atoms with Crippen molar-refractivity contribution in [3.8, 4) is 5.75 Å². The quantitative estimate of drug-likeness (QED) is 0.510. The highest BCUT2D eigenvalue weighted by Crippen LogP contribution is 2.43. The Kier molecular flexibility index (Phi) is 5.41. The molecule has 2 heterocycles. The summed E-state index contributed by atoms with van der Waals surface area (Å²) in [5.41, 5.74) is 4.47. The number of pyridine rings is 1. The minimum Gasteiger partial charge on any atom is -0.491 e. The molecule has 5 nitrogen and oxygen atoms in total. The molecule has 3 aromatic rings. The van der Waals surface area contributed by atoms with E-state index in [1.165, 1.54) is 12.0 Å². The zero-order chi connectivity index (χ0) is 17.8. The van der Waals surface area contributed by atoms with Crippen molar-refractivity contribution in [1.82, 2.24) is 15.0 Å². The Bertz CT molecular complexity index is 847. The first-order valence-corrected chi connectivity index (χ1v) is 9.94. The largest absolute Gasteiger partial charge is 0.491 e. The van der Waals surface area contributed by atoms with Crippen molar-refractivity contribution < 1.29 is 9.47 Å². The number of aromatic amines is 1. The van der Waals surface area contributed by atoms with Crippen molar-refractivity contribution >= 4 is 22.8 Å². The summed E-state index contributed by atoms with van der Waals surface area (Å²) < 4.78 is 11.1. The van der Waals surface area contributed by atoms with Crippen molar-refractivity contribution in [2.45, 2.75) is 36.1 Å². The highest BCUT2D eigenvalue weighted by atomic mass is 32.2. The lowest BCUT2D eigenvalue weighted by Crippen LogP contribution is -2.08. The maximum absolute atomic E-state index is 5.95. The van der Waals surface area contributed by atoms with Crippen molar-refractivity contribution in [2.24, 2.45) is 0 Å². The van der Waals surface area contributed by atoms with E-state index in [0.717, 1.165) is 46.9 Å². The van der Waals surface area contributed by atoms with Crippen LogP contribution in [-0.2, 0) is 11.2 Å². The normalized spacial score (nSPS) is 17.0. The third-order valence-electron chi connectivity index (χ3n) is 4.66. The summed E-state index contributed by atoms with van der Waals surface area (Å²) in [5, 5.41) is 1.25. The zero-order valence-electron chi connectivity index (χ0n) is 14.9. The monoisotopic (exact) mass is 369 g/mol. The highest BCUT2D eigenvalue weighted by molar-refractivity contribution is 7.99. The summed E-state index contributed by atoms with van der Waals surface area (Å²) in [6.07, 6.45) is 6.33. The van der Waals surface area contributed by atoms with Crippen LogP contribution >= 0.6 is 11.8 Å². The molecule has 1 aliphatic carbocycles. The molecule has 0 amide bonds. The van der Waals surface area contributed by atoms with Crippen molar-refractivity contribution in [1.29, 1.82) is 0 Å². The standard InChI is InChI=1S/C20H23N3O2S/c1-24-12-13-25-17-10-11-21-19-14(17)6-2-5-9-18(19)26-20-22-15-7-3-4-8-16(15)23-20/h3-4,7-8,10-11,18H,2,5-6,9,12-13H2,1H3,(H,22,23). The van der Waals surface area contributed by atoms with Gasteiger partial charge in [0.1, 0.15) is 12.4 Å². The summed E-state index contributed by atoms with van der Waals surface area (Å²) in [5.74, 6) is 0.948. The fourth-order valence-corrected chi connectivity index (χ4v) is 4.58. The molecule has 0 aliphatic heterocycles. The first-order chi connectivity index (χ1) is 12.8. The predicted molar refractivity (Wildman–Crippen MR) is 104 cm³/mol. The lowest BCUT2D eigenvalue weighted by Gasteiger charge is -2.17. The SMILES string of the molecule is COCCOc1ccnc2c1CCCCC2Sc1nc2ccccc2[nH]1. The molecule has 0 fully saturated rings. The van der Waals surface area contributed by atoms with Gasteiger partial charge >= 0.3 is 0 Å². The van der Waals surface area contributed by atoms with E-state index in [1.807, 2.05) is 30.5 Å². The maximum atomic E-state index is 5.95. The van der Waals surface area contributed by atoms with Gasteiger partial charge in [0.15, 0.2) is 5.16 Å². The fraction of sp³-hybridized carbons (Fsp3) is 0.400. The van der Waals surface area contributed by atoms with E-state index in [0.29, 0.717) is 18.5 Å². The molecule has 2 aromatic heterocycles. The first-order valence-electron chi connectivity index (χ1n) is 9.06. The molecule has 4 rings (SSSR count). The number of hydrogen-bond acceptors (Lipinski definition) is 5. The maximum Gasteiger partial charge on any atom is 0.167 e. The topological polar surface area (TPSA) is 60.0 Å². The van der Waals surface area contributed by atoms with Gasteiger partial charge in [-0.3, -0.25) is 4.98 Å². The van der Waals surface area contributed by atoms with Gasteiger partial charge in [-0.2, -0.15) is 0 Å². The Morgan fingerprint density at radius 3 is 3.00 bits per heavy atom. The molecule has 136 valence electrons. The summed E-state index contributed by atoms with van der Waals surface area (Å²) in [6.45, 7) is 1.16. The molecule has 6 heteroatoms. The molecule has 1 aromatic carbocycles. The summed E-state index contributed by atoms with van der Waals surface area (Å²) in [6, 6.07) is 10.1. The average molecular weight is 369 g/mol. The molecule has 1 unspecified atom stereocenters. The molecule has 0 saturated carbocycles. The van der Waals surface area contributed by atoms with Crippen LogP contribution in [0.2, 0.25) is 0 Å². The number of imidazole rings is 1. The van der Waals surface area contributed by atoms with Crippen molar-refractivity contribution in [3.05, 3.63) is 47.8 Å². The van der Waals surface area contributed by atoms with E-state index in [4.69, 9.17) is 19.4 Å². The number of thioether (sulfide) groups is 1. The summed E-state index contributed by atoms with van der Waals surface area (Å²) in [7, 11) is 1.69. The molecular formula is C20H23N3O2S. The predicted octanol–water partition coefficient (Wildman–Crippen LogP) is 4.54. The van der Waals surface area contributed by atoms with Gasteiger partial charge in [-0.05, 0) is 37.5 Å². The zero-order valence-corrected chi connectivity index (χ0v) is 15.7. The fourth-order valence-electron chi connectivity index (χ4n) is 3.39. The number of benzene rings is 1. The van der Waals surface area contributed by atoms with Gasteiger partial charge in [-0.15, -0.1) is 0 Å². The number of para-hydroxylation sites is 2. The van der Waals surface area contributed by atoms with Gasteiger partial charge < -0.3 is 14.5 Å². The second-order valence-electron chi connectivity index (χ2n) is 6.43. The lowest BCUT2D eigenvalue weighted by atomic mass is 10.1. The Balaban J connectivity index is 1.60. The van der Waals surface area contributed by atoms with Crippen LogP contribution in [0.4, 0.5) is 0 Å². The third-order valence-corrected chi connectivity index (χ3v) is 5.82. The Hall–Kier alpha value is -2.05. The Morgan fingerprint density at radius 1 is 1.19 bits per heavy atom. The number of ether oxygens (including phenoxy) is 2. The highest BCUT2D eigenvalue weighted by Gasteiger charge is 2.25. The number of methoxy groups -OCH3 is 1. The van der Waals surface area contributed by atoms with Gasteiger partial charge in [-0.1, -0.05) is 30.3 Å². The van der Waals surface area contributed by atoms with Crippen LogP contribution in [0.5, 0.6) is 5.75 Å². The van der Waals surface area contributed by atoms with E-state index in [9.17, 15) is 0 Å². The molecule has 0 radical (unpaired) electrons. The Morgan fingerprint density at radius 2 is 2.12 bits per heavy atom. The molecule has 0 saturated heterocycles. The number of nitrogens with one attached hydrogen (secondary N) is 1. The lowest BCUT2D eigenvalue weighted by molar-refractivity contribution is 0.145. The van der Waals surface area contributed by atoms with Crippen molar-refractivity contribution in [2.75, 3.05) is 20.3 Å². The van der Waals surface area contributed by atoms with Crippen LogP contribution < -0.4 is 4.74 Å². The first kappa shape index (κ1) is 17.4. The van der Waals surface area contributed by atoms with Crippen LogP contribution in [0.15, 0.2) is 41.7 Å². The van der Waals surface area contributed by atoms with Gasteiger partial charge in [0.05, 0.1) is 28.6 Å². The molecule has 1 atom stereocenters. The van der Waals surface area contributed by atoms with Crippen LogP contribution in [-0.4, -0.2) is 35.3 Å². The smallest absolute Gasteiger partial charge is 0.167 e. The van der Waals surface area contributed by atoms with Crippen LogP contribution in [0.3, 0.4) is 0 Å². The molecule has 0 bridgehead atoms. The third kappa shape index (κ3) is 3.71. The van der Waals surface area contributed by atoms with E-state index < -0.39 is 0 Å². The second kappa shape index (κ2) is 8.10. The van der Waals surface area contributed by atoms with Crippen LogP contribution in [0, 0.1) is 0 Å². The molecular weight excluding hydrogens is 346 g/mol. The molecule has 26 heavy (non-hydrogen) atoms. The number of H-pyrrole nitrogens is 1. The number of nitrogens with zero attached hydrogens (tertiary/aromatic N) is 2. The van der Waals surface area contributed by atoms with E-state index >= 15 is 0 Å². The van der Waals surface area contributed by atoms with Crippen LogP contribution in [0.25, 0.3) is 11.0 Å². The molecule has 0 spiro atoms. The average Bonchev–Trinajstić information content (AvgIpc) is 2.96. The number of rotatable bonds is 6.